The monoisotopic (exact) mass is 404 g/mol. The van der Waals surface area contributed by atoms with Crippen LogP contribution in [0.25, 0.3) is 0 Å². The molecule has 0 spiro atoms. The van der Waals surface area contributed by atoms with E-state index in [0.717, 1.165) is 10.8 Å². The van der Waals surface area contributed by atoms with Crippen molar-refractivity contribution in [2.45, 2.75) is 31.5 Å². The van der Waals surface area contributed by atoms with E-state index in [9.17, 15) is 19.1 Å². The van der Waals surface area contributed by atoms with Crippen molar-refractivity contribution in [3.8, 4) is 0 Å². The predicted molar refractivity (Wildman–Crippen MR) is 91.9 cm³/mol. The van der Waals surface area contributed by atoms with Gasteiger partial charge in [0.1, 0.15) is 12.3 Å². The highest BCUT2D eigenvalue weighted by Crippen LogP contribution is 2.31. The molecule has 1 aliphatic heterocycles. The highest BCUT2D eigenvalue weighted by molar-refractivity contribution is 6.35. The van der Waals surface area contributed by atoms with Gasteiger partial charge in [0.2, 0.25) is 5.82 Å². The Kier molecular flexibility index (Phi) is 5.79. The lowest BCUT2D eigenvalue weighted by Gasteiger charge is -2.17. The maximum Gasteiger partial charge on any atom is 0.330 e. The zero-order valence-corrected chi connectivity index (χ0v) is 14.8. The summed E-state index contributed by atoms with van der Waals surface area (Å²) in [5, 5.41) is 10.4. The van der Waals surface area contributed by atoms with Crippen molar-refractivity contribution < 1.29 is 19.0 Å². The molecule has 1 saturated heterocycles. The van der Waals surface area contributed by atoms with Crippen LogP contribution in [0.2, 0.25) is 10.0 Å². The lowest BCUT2D eigenvalue weighted by Crippen LogP contribution is -2.34. The van der Waals surface area contributed by atoms with Gasteiger partial charge in [-0.25, -0.2) is 4.79 Å². The molecule has 1 aromatic carbocycles. The molecule has 26 heavy (non-hydrogen) atoms. The fourth-order valence-corrected chi connectivity index (χ4v) is 3.18. The summed E-state index contributed by atoms with van der Waals surface area (Å²) < 4.78 is 25.7. The quantitative estimate of drug-likeness (QED) is 0.792. The summed E-state index contributed by atoms with van der Waals surface area (Å²) in [4.78, 5) is 24.9. The molecule has 1 aliphatic rings. The molecule has 1 fully saturated rings. The van der Waals surface area contributed by atoms with Crippen molar-refractivity contribution in [1.29, 1.82) is 0 Å². The zero-order chi connectivity index (χ0) is 18.8. The second-order valence-corrected chi connectivity index (χ2v) is 6.62. The van der Waals surface area contributed by atoms with Gasteiger partial charge in [0.25, 0.3) is 5.56 Å². The lowest BCUT2D eigenvalue weighted by molar-refractivity contribution is -0.0659. The van der Waals surface area contributed by atoms with Gasteiger partial charge in [-0.3, -0.25) is 14.3 Å². The molecule has 3 atom stereocenters. The highest BCUT2D eigenvalue weighted by Gasteiger charge is 2.37. The van der Waals surface area contributed by atoms with Crippen LogP contribution in [-0.2, 0) is 16.1 Å². The van der Waals surface area contributed by atoms with E-state index in [1.54, 1.807) is 18.2 Å². The van der Waals surface area contributed by atoms with E-state index < -0.39 is 35.5 Å². The number of halogens is 3. The molecule has 1 aromatic heterocycles. The third-order valence-corrected chi connectivity index (χ3v) is 4.65. The van der Waals surface area contributed by atoms with E-state index in [1.807, 2.05) is 4.98 Å². The molecule has 3 rings (SSSR count). The summed E-state index contributed by atoms with van der Waals surface area (Å²) in [6.07, 6.45) is -1.19. The van der Waals surface area contributed by atoms with E-state index in [-0.39, 0.29) is 19.6 Å². The topological polar surface area (TPSA) is 93.6 Å². The maximum absolute atomic E-state index is 13.5. The number of nitrogens with zero attached hydrogens (tertiary/aromatic N) is 1. The van der Waals surface area contributed by atoms with E-state index >= 15 is 0 Å². The van der Waals surface area contributed by atoms with Crippen LogP contribution in [0.5, 0.6) is 0 Å². The summed E-state index contributed by atoms with van der Waals surface area (Å²) in [5.41, 5.74) is -1.21. The van der Waals surface area contributed by atoms with Crippen molar-refractivity contribution in [2.24, 2.45) is 0 Å². The number of nitrogens with one attached hydrogen (secondary N) is 1. The second-order valence-electron chi connectivity index (χ2n) is 5.78. The van der Waals surface area contributed by atoms with Crippen molar-refractivity contribution in [3.63, 3.8) is 0 Å². The van der Waals surface area contributed by atoms with Crippen LogP contribution in [0.15, 0.2) is 34.0 Å². The van der Waals surface area contributed by atoms with Crippen LogP contribution >= 0.6 is 23.2 Å². The first-order chi connectivity index (χ1) is 12.4. The first-order valence-electron chi connectivity index (χ1n) is 7.72. The van der Waals surface area contributed by atoms with Gasteiger partial charge in [-0.2, -0.15) is 4.39 Å². The Morgan fingerprint density at radius 3 is 2.85 bits per heavy atom. The van der Waals surface area contributed by atoms with Crippen LogP contribution in [-0.4, -0.2) is 33.5 Å². The predicted octanol–water partition coefficient (Wildman–Crippen LogP) is 1.85. The van der Waals surface area contributed by atoms with Crippen molar-refractivity contribution in [2.75, 3.05) is 6.61 Å². The standard InChI is InChI=1S/C16H15Cl2FN2O5/c17-9-2-1-8(10(18)3-9)7-25-12-4-14(26-13(12)6-22)21-5-11(19)15(23)20-16(21)24/h1-3,5,12-14,22H,4,6-7H2,(H,20,23,24)/t12-,13+,14+/m0/s1. The molecule has 2 aromatic rings. The van der Waals surface area contributed by atoms with Gasteiger partial charge in [0.15, 0.2) is 0 Å². The number of rotatable bonds is 5. The Morgan fingerprint density at radius 1 is 1.38 bits per heavy atom. The van der Waals surface area contributed by atoms with Gasteiger partial charge < -0.3 is 14.6 Å². The fourth-order valence-electron chi connectivity index (χ4n) is 2.72. The molecule has 10 heteroatoms. The highest BCUT2D eigenvalue weighted by atomic mass is 35.5. The second kappa shape index (κ2) is 7.89. The van der Waals surface area contributed by atoms with Crippen LogP contribution < -0.4 is 11.2 Å². The van der Waals surface area contributed by atoms with Gasteiger partial charge in [-0.05, 0) is 17.7 Å². The number of ether oxygens (including phenoxy) is 2. The first-order valence-corrected chi connectivity index (χ1v) is 8.47. The number of hydrogen-bond donors (Lipinski definition) is 2. The molecule has 0 bridgehead atoms. The van der Waals surface area contributed by atoms with E-state index in [0.29, 0.717) is 15.6 Å². The van der Waals surface area contributed by atoms with Gasteiger partial charge in [0.05, 0.1) is 25.5 Å². The average molecular weight is 405 g/mol. The van der Waals surface area contributed by atoms with Crippen LogP contribution in [0.1, 0.15) is 18.2 Å². The van der Waals surface area contributed by atoms with E-state index in [1.165, 1.54) is 0 Å². The van der Waals surface area contributed by atoms with Crippen molar-refractivity contribution >= 4 is 23.2 Å². The summed E-state index contributed by atoms with van der Waals surface area (Å²) in [7, 11) is 0. The Morgan fingerprint density at radius 2 is 2.15 bits per heavy atom. The molecule has 0 unspecified atom stereocenters. The Balaban J connectivity index is 1.74. The van der Waals surface area contributed by atoms with Gasteiger partial charge in [0, 0.05) is 16.5 Å². The fraction of sp³-hybridized carbons (Fsp3) is 0.375. The molecule has 7 nitrogen and oxygen atoms in total. The Hall–Kier alpha value is -1.71. The van der Waals surface area contributed by atoms with Crippen molar-refractivity contribution in [3.05, 3.63) is 66.7 Å². The average Bonchev–Trinajstić information content (AvgIpc) is 3.00. The number of aliphatic hydroxyl groups is 1. The molecule has 0 aliphatic carbocycles. The Bertz CT molecular complexity index is 916. The largest absolute Gasteiger partial charge is 0.394 e. The lowest BCUT2D eigenvalue weighted by atomic mass is 10.1. The number of aliphatic hydroxyl groups excluding tert-OH is 1. The maximum atomic E-state index is 13.5. The smallest absolute Gasteiger partial charge is 0.330 e. The van der Waals surface area contributed by atoms with Crippen LogP contribution in [0.3, 0.4) is 0 Å². The number of hydrogen-bond acceptors (Lipinski definition) is 5. The normalized spacial score (nSPS) is 22.7. The molecule has 0 radical (unpaired) electrons. The molecular weight excluding hydrogens is 390 g/mol. The third-order valence-electron chi connectivity index (χ3n) is 4.06. The van der Waals surface area contributed by atoms with E-state index in [4.69, 9.17) is 32.7 Å². The van der Waals surface area contributed by atoms with Gasteiger partial charge in [-0.1, -0.05) is 29.3 Å². The minimum atomic E-state index is -1.11. The molecule has 0 amide bonds. The first kappa shape index (κ1) is 19.1. The van der Waals surface area contributed by atoms with Crippen molar-refractivity contribution in [1.82, 2.24) is 9.55 Å². The zero-order valence-electron chi connectivity index (χ0n) is 13.3. The van der Waals surface area contributed by atoms with Crippen LogP contribution in [0.4, 0.5) is 4.39 Å². The molecular formula is C16H15Cl2FN2O5. The molecule has 2 N–H and O–H groups in total. The SMILES string of the molecule is O=c1[nH]c(=O)n([C@H]2C[C@H](OCc3ccc(Cl)cc3Cl)[C@@H](CO)O2)cc1F. The number of H-pyrrole nitrogens is 1. The summed E-state index contributed by atoms with van der Waals surface area (Å²) in [6.45, 7) is -0.210. The summed E-state index contributed by atoms with van der Waals surface area (Å²) in [5.74, 6) is -1.11. The number of benzene rings is 1. The van der Waals surface area contributed by atoms with Crippen LogP contribution in [0, 0.1) is 5.82 Å². The van der Waals surface area contributed by atoms with E-state index in [2.05, 4.69) is 0 Å². The van der Waals surface area contributed by atoms with Gasteiger partial charge >= 0.3 is 5.69 Å². The minimum absolute atomic E-state index is 0.141. The minimum Gasteiger partial charge on any atom is -0.394 e. The van der Waals surface area contributed by atoms with Gasteiger partial charge in [-0.15, -0.1) is 0 Å². The summed E-state index contributed by atoms with van der Waals surface area (Å²) in [6, 6.07) is 4.97. The Labute approximate surface area is 156 Å². The number of aromatic nitrogens is 2. The summed E-state index contributed by atoms with van der Waals surface area (Å²) >= 11 is 11.9. The molecule has 2 heterocycles. The third kappa shape index (κ3) is 3.99. The number of aromatic amines is 1. The molecule has 0 saturated carbocycles. The molecule has 140 valence electrons.